The molecule has 4 heteroatoms. The van der Waals surface area contributed by atoms with E-state index in [1.165, 1.54) is 24.3 Å². The molecule has 0 aromatic rings. The summed E-state index contributed by atoms with van der Waals surface area (Å²) < 4.78 is 4.85. The summed E-state index contributed by atoms with van der Waals surface area (Å²) in [6.07, 6.45) is 3.50. The van der Waals surface area contributed by atoms with Crippen molar-refractivity contribution in [2.45, 2.75) is 25.3 Å². The van der Waals surface area contributed by atoms with Crippen LogP contribution in [0.3, 0.4) is 0 Å². The lowest BCUT2D eigenvalue weighted by atomic mass is 9.97. The van der Waals surface area contributed by atoms with E-state index in [9.17, 15) is 4.79 Å². The van der Waals surface area contributed by atoms with E-state index in [1.807, 2.05) is 11.8 Å². The van der Waals surface area contributed by atoms with Crippen LogP contribution in [0.25, 0.3) is 0 Å². The van der Waals surface area contributed by atoms with E-state index in [4.69, 9.17) is 4.74 Å². The Bertz CT molecular complexity index is 192. The molecule has 1 amide bonds. The molecule has 1 N–H and O–H groups in total. The van der Waals surface area contributed by atoms with Gasteiger partial charge in [0.2, 0.25) is 0 Å². The predicted octanol–water partition coefficient (Wildman–Crippen LogP) is 1.63. The highest BCUT2D eigenvalue weighted by molar-refractivity contribution is 7.99. The van der Waals surface area contributed by atoms with Crippen LogP contribution < -0.4 is 5.32 Å². The number of cyclic esters (lactones) is 1. The van der Waals surface area contributed by atoms with E-state index in [-0.39, 0.29) is 12.1 Å². The summed E-state index contributed by atoms with van der Waals surface area (Å²) in [5.41, 5.74) is 0. The molecule has 0 saturated carbocycles. The second-order valence-corrected chi connectivity index (χ2v) is 4.91. The Morgan fingerprint density at radius 3 is 3.15 bits per heavy atom. The predicted molar refractivity (Wildman–Crippen MR) is 52.9 cm³/mol. The monoisotopic (exact) mass is 201 g/mol. The number of ether oxygens (including phenoxy) is 1. The van der Waals surface area contributed by atoms with Gasteiger partial charge >= 0.3 is 6.09 Å². The number of amides is 1. The van der Waals surface area contributed by atoms with Crippen molar-refractivity contribution in [1.82, 2.24) is 5.32 Å². The number of hydrogen-bond acceptors (Lipinski definition) is 3. The molecule has 2 heterocycles. The van der Waals surface area contributed by atoms with Crippen LogP contribution in [0.4, 0.5) is 4.79 Å². The fraction of sp³-hybridized carbons (Fsp3) is 0.889. The molecule has 13 heavy (non-hydrogen) atoms. The van der Waals surface area contributed by atoms with Crippen LogP contribution in [0, 0.1) is 5.92 Å². The van der Waals surface area contributed by atoms with Crippen molar-refractivity contribution >= 4 is 17.9 Å². The maximum atomic E-state index is 10.8. The topological polar surface area (TPSA) is 38.3 Å². The number of nitrogens with one attached hydrogen (secondary N) is 1. The van der Waals surface area contributed by atoms with Crippen LogP contribution in [0.15, 0.2) is 0 Å². The zero-order chi connectivity index (χ0) is 9.10. The summed E-state index contributed by atoms with van der Waals surface area (Å²) in [4.78, 5) is 10.8. The lowest BCUT2D eigenvalue weighted by Gasteiger charge is -2.22. The number of hydrogen-bond donors (Lipinski definition) is 1. The number of rotatable bonds is 2. The van der Waals surface area contributed by atoms with Crippen molar-refractivity contribution in [2.24, 2.45) is 5.92 Å². The molecular formula is C9H15NO2S. The van der Waals surface area contributed by atoms with Crippen LogP contribution >= 0.6 is 11.8 Å². The van der Waals surface area contributed by atoms with Gasteiger partial charge in [-0.25, -0.2) is 4.79 Å². The van der Waals surface area contributed by atoms with Gasteiger partial charge in [0, 0.05) is 0 Å². The maximum Gasteiger partial charge on any atom is 0.407 e. The van der Waals surface area contributed by atoms with E-state index in [1.54, 1.807) is 0 Å². The van der Waals surface area contributed by atoms with Crippen molar-refractivity contribution in [1.29, 1.82) is 0 Å². The number of alkyl carbamates (subject to hydrolysis) is 1. The highest BCUT2D eigenvalue weighted by atomic mass is 32.2. The molecule has 0 aromatic heterocycles. The first kappa shape index (κ1) is 9.19. The Balaban J connectivity index is 1.73. The highest BCUT2D eigenvalue weighted by Gasteiger charge is 2.26. The smallest absolute Gasteiger partial charge is 0.407 e. The number of carbonyl (C=O) groups is 1. The minimum Gasteiger partial charge on any atom is -0.447 e. The second-order valence-electron chi connectivity index (χ2n) is 3.76. The lowest BCUT2D eigenvalue weighted by molar-refractivity contribution is 0.176. The van der Waals surface area contributed by atoms with Crippen LogP contribution in [0.1, 0.15) is 19.3 Å². The molecule has 74 valence electrons. The SMILES string of the molecule is O=C1NC(CC2CCCSC2)CO1. The Hall–Kier alpha value is -0.380. The van der Waals surface area contributed by atoms with E-state index in [2.05, 4.69) is 5.32 Å². The van der Waals surface area contributed by atoms with Gasteiger partial charge in [-0.1, -0.05) is 0 Å². The molecular weight excluding hydrogens is 186 g/mol. The molecule has 2 atom stereocenters. The summed E-state index contributed by atoms with van der Waals surface area (Å²) in [7, 11) is 0. The van der Waals surface area contributed by atoms with Crippen molar-refractivity contribution in [2.75, 3.05) is 18.1 Å². The van der Waals surface area contributed by atoms with Crippen molar-refractivity contribution in [3.63, 3.8) is 0 Å². The van der Waals surface area contributed by atoms with Gasteiger partial charge in [0.05, 0.1) is 6.04 Å². The molecule has 0 radical (unpaired) electrons. The average molecular weight is 201 g/mol. The van der Waals surface area contributed by atoms with E-state index in [0.717, 1.165) is 12.3 Å². The molecule has 0 bridgehead atoms. The van der Waals surface area contributed by atoms with Crippen LogP contribution in [-0.2, 0) is 4.74 Å². The van der Waals surface area contributed by atoms with E-state index in [0.29, 0.717) is 6.61 Å². The lowest BCUT2D eigenvalue weighted by Crippen LogP contribution is -2.30. The molecule has 0 aromatic carbocycles. The van der Waals surface area contributed by atoms with Crippen LogP contribution in [-0.4, -0.2) is 30.2 Å². The largest absolute Gasteiger partial charge is 0.447 e. The van der Waals surface area contributed by atoms with Crippen molar-refractivity contribution < 1.29 is 9.53 Å². The van der Waals surface area contributed by atoms with Gasteiger partial charge in [-0.3, -0.25) is 0 Å². The highest BCUT2D eigenvalue weighted by Crippen LogP contribution is 2.26. The molecule has 2 aliphatic rings. The van der Waals surface area contributed by atoms with E-state index < -0.39 is 0 Å². The van der Waals surface area contributed by atoms with Crippen LogP contribution in [0.2, 0.25) is 0 Å². The third kappa shape index (κ3) is 2.53. The van der Waals surface area contributed by atoms with Gasteiger partial charge < -0.3 is 10.1 Å². The molecule has 0 spiro atoms. The molecule has 2 fully saturated rings. The second kappa shape index (κ2) is 4.22. The molecule has 2 unspecified atom stereocenters. The summed E-state index contributed by atoms with van der Waals surface area (Å²) >= 11 is 2.03. The van der Waals surface area contributed by atoms with Crippen LogP contribution in [0.5, 0.6) is 0 Å². The molecule has 2 rings (SSSR count). The minimum atomic E-state index is -0.242. The Labute approximate surface area is 82.6 Å². The molecule has 3 nitrogen and oxygen atoms in total. The Kier molecular flexibility index (Phi) is 2.98. The standard InChI is InChI=1S/C9H15NO2S/c11-9-10-8(5-12-9)4-7-2-1-3-13-6-7/h7-8H,1-6H2,(H,10,11). The summed E-state index contributed by atoms with van der Waals surface area (Å²) in [5, 5.41) is 2.83. The zero-order valence-electron chi connectivity index (χ0n) is 7.62. The minimum absolute atomic E-state index is 0.242. The quantitative estimate of drug-likeness (QED) is 0.738. The maximum absolute atomic E-state index is 10.8. The first-order valence-corrected chi connectivity index (χ1v) is 6.01. The zero-order valence-corrected chi connectivity index (χ0v) is 8.44. The van der Waals surface area contributed by atoms with Gasteiger partial charge in [0.1, 0.15) is 6.61 Å². The van der Waals surface area contributed by atoms with E-state index >= 15 is 0 Å². The first-order chi connectivity index (χ1) is 6.34. The summed E-state index contributed by atoms with van der Waals surface area (Å²) in [5.74, 6) is 3.35. The van der Waals surface area contributed by atoms with Gasteiger partial charge in [-0.05, 0) is 36.7 Å². The van der Waals surface area contributed by atoms with Gasteiger partial charge in [-0.15, -0.1) is 0 Å². The normalized spacial score (nSPS) is 34.0. The molecule has 2 aliphatic heterocycles. The summed E-state index contributed by atoms with van der Waals surface area (Å²) in [6, 6.07) is 0.274. The fourth-order valence-electron chi connectivity index (χ4n) is 1.95. The third-order valence-corrected chi connectivity index (χ3v) is 3.89. The number of carbonyl (C=O) groups excluding carboxylic acids is 1. The fourth-order valence-corrected chi connectivity index (χ4v) is 3.12. The number of thioether (sulfide) groups is 1. The molecule has 2 saturated heterocycles. The Morgan fingerprint density at radius 1 is 1.62 bits per heavy atom. The van der Waals surface area contributed by atoms with Crippen molar-refractivity contribution in [3.05, 3.63) is 0 Å². The third-order valence-electron chi connectivity index (χ3n) is 2.61. The first-order valence-electron chi connectivity index (χ1n) is 4.85. The van der Waals surface area contributed by atoms with Crippen molar-refractivity contribution in [3.8, 4) is 0 Å². The Morgan fingerprint density at radius 2 is 2.54 bits per heavy atom. The molecule has 0 aliphatic carbocycles. The average Bonchev–Trinajstić information content (AvgIpc) is 2.53. The van der Waals surface area contributed by atoms with Gasteiger partial charge in [-0.2, -0.15) is 11.8 Å². The van der Waals surface area contributed by atoms with Gasteiger partial charge in [0.15, 0.2) is 0 Å². The summed E-state index contributed by atoms with van der Waals surface area (Å²) in [6.45, 7) is 0.569. The van der Waals surface area contributed by atoms with Gasteiger partial charge in [0.25, 0.3) is 0 Å².